The maximum Gasteiger partial charge on any atom is 0.259 e. The molecule has 3 aromatic rings. The van der Waals surface area contributed by atoms with Crippen LogP contribution in [0.5, 0.6) is 0 Å². The number of anilines is 1. The van der Waals surface area contributed by atoms with Crippen LogP contribution in [0.3, 0.4) is 0 Å². The molecule has 0 bridgehead atoms. The Morgan fingerprint density at radius 3 is 2.95 bits per heavy atom. The van der Waals surface area contributed by atoms with Gasteiger partial charge in [-0.3, -0.25) is 9.78 Å². The van der Waals surface area contributed by atoms with Gasteiger partial charge in [-0.15, -0.1) is 11.3 Å². The zero-order chi connectivity index (χ0) is 15.0. The summed E-state index contributed by atoms with van der Waals surface area (Å²) < 4.78 is 14.3. The Kier molecular flexibility index (Phi) is 3.61. The second kappa shape index (κ2) is 5.42. The van der Waals surface area contributed by atoms with Crippen molar-refractivity contribution in [3.63, 3.8) is 0 Å². The Labute approximate surface area is 129 Å². The molecule has 0 fully saturated rings. The minimum absolute atomic E-state index is 0.287. The van der Waals surface area contributed by atoms with Gasteiger partial charge in [0.25, 0.3) is 5.91 Å². The molecular formula is C15H10ClFN2OS. The third kappa shape index (κ3) is 2.62. The normalized spacial score (nSPS) is 10.8. The van der Waals surface area contributed by atoms with Crippen molar-refractivity contribution in [1.29, 1.82) is 0 Å². The maximum absolute atomic E-state index is 13.3. The van der Waals surface area contributed by atoms with Crippen LogP contribution in [0.1, 0.15) is 10.4 Å². The van der Waals surface area contributed by atoms with Crippen molar-refractivity contribution >= 4 is 44.7 Å². The molecule has 0 aliphatic rings. The van der Waals surface area contributed by atoms with Crippen LogP contribution < -0.4 is 4.90 Å². The first-order valence-electron chi connectivity index (χ1n) is 6.12. The van der Waals surface area contributed by atoms with E-state index in [4.69, 9.17) is 11.6 Å². The molecule has 3 nitrogen and oxygen atoms in total. The quantitative estimate of drug-likeness (QED) is 0.702. The van der Waals surface area contributed by atoms with Crippen LogP contribution in [0.2, 0.25) is 5.02 Å². The molecule has 2 heterocycles. The summed E-state index contributed by atoms with van der Waals surface area (Å²) in [6.07, 6.45) is 1.51. The largest absolute Gasteiger partial charge is 0.310 e. The number of rotatable bonds is 2. The fourth-order valence-corrected chi connectivity index (χ4v) is 3.03. The number of thiophene rings is 1. The lowest BCUT2D eigenvalue weighted by molar-refractivity contribution is 0.0993. The average Bonchev–Trinajstić information content (AvgIpc) is 2.95. The zero-order valence-corrected chi connectivity index (χ0v) is 12.6. The van der Waals surface area contributed by atoms with Gasteiger partial charge in [0.05, 0.1) is 26.5 Å². The highest BCUT2D eigenvalue weighted by Gasteiger charge is 2.17. The van der Waals surface area contributed by atoms with Gasteiger partial charge in [-0.25, -0.2) is 4.39 Å². The number of pyridine rings is 1. The molecule has 1 amide bonds. The number of aromatic nitrogens is 1. The Hall–Kier alpha value is -1.98. The average molecular weight is 321 g/mol. The van der Waals surface area contributed by atoms with Crippen molar-refractivity contribution in [1.82, 2.24) is 4.98 Å². The molecule has 3 rings (SSSR count). The molecule has 21 heavy (non-hydrogen) atoms. The van der Waals surface area contributed by atoms with Gasteiger partial charge in [0.2, 0.25) is 0 Å². The van der Waals surface area contributed by atoms with Gasteiger partial charge < -0.3 is 4.90 Å². The minimum atomic E-state index is -0.444. The molecule has 0 saturated carbocycles. The van der Waals surface area contributed by atoms with Gasteiger partial charge >= 0.3 is 0 Å². The summed E-state index contributed by atoms with van der Waals surface area (Å²) in [4.78, 5) is 18.0. The summed E-state index contributed by atoms with van der Waals surface area (Å²) in [5.41, 5.74) is 1.61. The fourth-order valence-electron chi connectivity index (χ4n) is 2.01. The van der Waals surface area contributed by atoms with E-state index >= 15 is 0 Å². The third-order valence-electron chi connectivity index (χ3n) is 3.12. The van der Waals surface area contributed by atoms with Crippen LogP contribution in [-0.4, -0.2) is 17.9 Å². The van der Waals surface area contributed by atoms with E-state index in [1.54, 1.807) is 13.1 Å². The number of hydrogen-bond donors (Lipinski definition) is 0. The number of amides is 1. The molecule has 2 aromatic heterocycles. The van der Waals surface area contributed by atoms with E-state index in [1.807, 2.05) is 11.4 Å². The van der Waals surface area contributed by atoms with Crippen LogP contribution in [0.25, 0.3) is 10.2 Å². The molecule has 0 atom stereocenters. The molecule has 0 aliphatic carbocycles. The van der Waals surface area contributed by atoms with Crippen LogP contribution in [-0.2, 0) is 0 Å². The third-order valence-corrected chi connectivity index (χ3v) is 4.30. The Bertz CT molecular complexity index is 833. The van der Waals surface area contributed by atoms with Crippen LogP contribution in [0.4, 0.5) is 10.1 Å². The lowest BCUT2D eigenvalue weighted by Gasteiger charge is -2.18. The van der Waals surface area contributed by atoms with Crippen molar-refractivity contribution in [2.45, 2.75) is 0 Å². The highest BCUT2D eigenvalue weighted by molar-refractivity contribution is 7.17. The van der Waals surface area contributed by atoms with E-state index in [1.165, 1.54) is 40.6 Å². The summed E-state index contributed by atoms with van der Waals surface area (Å²) >= 11 is 7.54. The standard InChI is InChI=1S/C15H10ClFN2OS/c1-19(13-7-10(17)2-3-11(13)16)15(20)9-6-14-12(18-8-9)4-5-21-14/h2-8H,1H3. The second-order valence-electron chi connectivity index (χ2n) is 4.49. The summed E-state index contributed by atoms with van der Waals surface area (Å²) in [6.45, 7) is 0. The molecule has 0 aliphatic heterocycles. The lowest BCUT2D eigenvalue weighted by atomic mass is 10.2. The summed E-state index contributed by atoms with van der Waals surface area (Å²) in [5, 5.41) is 2.23. The lowest BCUT2D eigenvalue weighted by Crippen LogP contribution is -2.26. The smallest absolute Gasteiger partial charge is 0.259 e. The van der Waals surface area contributed by atoms with Crippen molar-refractivity contribution in [3.05, 3.63) is 58.3 Å². The number of carbonyl (C=O) groups is 1. The van der Waals surface area contributed by atoms with Crippen LogP contribution >= 0.6 is 22.9 Å². The molecule has 0 N–H and O–H groups in total. The summed E-state index contributed by atoms with van der Waals surface area (Å²) in [6, 6.07) is 7.58. The van der Waals surface area contributed by atoms with E-state index in [9.17, 15) is 9.18 Å². The van der Waals surface area contributed by atoms with E-state index in [-0.39, 0.29) is 5.91 Å². The van der Waals surface area contributed by atoms with Crippen molar-refractivity contribution < 1.29 is 9.18 Å². The molecule has 106 valence electrons. The molecule has 0 saturated heterocycles. The van der Waals surface area contributed by atoms with Crippen LogP contribution in [0.15, 0.2) is 41.9 Å². The Balaban J connectivity index is 1.98. The number of halogens is 2. The van der Waals surface area contributed by atoms with Crippen molar-refractivity contribution in [3.8, 4) is 0 Å². The number of fused-ring (bicyclic) bond motifs is 1. The summed E-state index contributed by atoms with van der Waals surface area (Å²) in [5.74, 6) is -0.730. The number of hydrogen-bond acceptors (Lipinski definition) is 3. The number of nitrogens with zero attached hydrogens (tertiary/aromatic N) is 2. The van der Waals surface area contributed by atoms with Crippen LogP contribution in [0, 0.1) is 5.82 Å². The highest BCUT2D eigenvalue weighted by atomic mass is 35.5. The maximum atomic E-state index is 13.3. The molecule has 6 heteroatoms. The summed E-state index contributed by atoms with van der Waals surface area (Å²) in [7, 11) is 1.56. The fraction of sp³-hybridized carbons (Fsp3) is 0.0667. The SMILES string of the molecule is CN(C(=O)c1cnc2ccsc2c1)c1cc(F)ccc1Cl. The van der Waals surface area contributed by atoms with Gasteiger partial charge in [0.1, 0.15) is 5.82 Å². The zero-order valence-electron chi connectivity index (χ0n) is 11.0. The van der Waals surface area contributed by atoms with Gasteiger partial charge in [0.15, 0.2) is 0 Å². The molecule has 0 radical (unpaired) electrons. The van der Waals surface area contributed by atoms with Crippen molar-refractivity contribution in [2.24, 2.45) is 0 Å². The first-order chi connectivity index (χ1) is 10.1. The van der Waals surface area contributed by atoms with Gasteiger partial charge in [-0.05, 0) is 35.7 Å². The number of benzene rings is 1. The number of carbonyl (C=O) groups excluding carboxylic acids is 1. The van der Waals surface area contributed by atoms with E-state index in [2.05, 4.69) is 4.98 Å². The molecule has 0 spiro atoms. The first-order valence-corrected chi connectivity index (χ1v) is 7.38. The predicted molar refractivity (Wildman–Crippen MR) is 83.8 cm³/mol. The van der Waals surface area contributed by atoms with Gasteiger partial charge in [-0.1, -0.05) is 11.6 Å². The van der Waals surface area contributed by atoms with E-state index in [0.717, 1.165) is 10.2 Å². The molecule has 0 unspecified atom stereocenters. The molecule has 1 aromatic carbocycles. The van der Waals surface area contributed by atoms with E-state index < -0.39 is 5.82 Å². The second-order valence-corrected chi connectivity index (χ2v) is 5.84. The van der Waals surface area contributed by atoms with Gasteiger partial charge in [0, 0.05) is 13.2 Å². The molecular weight excluding hydrogens is 311 g/mol. The monoisotopic (exact) mass is 320 g/mol. The van der Waals surface area contributed by atoms with Crippen molar-refractivity contribution in [2.75, 3.05) is 11.9 Å². The predicted octanol–water partition coefficient (Wildman–Crippen LogP) is 4.37. The first kappa shape index (κ1) is 14.0. The van der Waals surface area contributed by atoms with Gasteiger partial charge in [-0.2, -0.15) is 0 Å². The topological polar surface area (TPSA) is 33.2 Å². The highest BCUT2D eigenvalue weighted by Crippen LogP contribution is 2.27. The minimum Gasteiger partial charge on any atom is -0.310 e. The Morgan fingerprint density at radius 2 is 2.14 bits per heavy atom. The Morgan fingerprint density at radius 1 is 1.33 bits per heavy atom. The van der Waals surface area contributed by atoms with E-state index in [0.29, 0.717) is 16.3 Å².